The van der Waals surface area contributed by atoms with Crippen molar-refractivity contribution in [3.63, 3.8) is 0 Å². The number of piperidine rings is 1. The lowest BCUT2D eigenvalue weighted by Crippen LogP contribution is -2.42. The molecule has 0 amide bonds. The Bertz CT molecular complexity index is 252. The van der Waals surface area contributed by atoms with E-state index in [4.69, 9.17) is 0 Å². The summed E-state index contributed by atoms with van der Waals surface area (Å²) in [5.74, 6) is 1.30. The summed E-state index contributed by atoms with van der Waals surface area (Å²) >= 11 is 0. The molecular formula is C16H31NO. The molecule has 106 valence electrons. The fraction of sp³-hybridized carbons (Fsp3) is 1.00. The van der Waals surface area contributed by atoms with Gasteiger partial charge in [-0.2, -0.15) is 0 Å². The van der Waals surface area contributed by atoms with Crippen LogP contribution in [0.5, 0.6) is 0 Å². The zero-order chi connectivity index (χ0) is 13.2. The van der Waals surface area contributed by atoms with Crippen LogP contribution in [0.2, 0.25) is 0 Å². The summed E-state index contributed by atoms with van der Waals surface area (Å²) < 4.78 is 0. The molecule has 2 aliphatic rings. The number of likely N-dealkylation sites (tertiary alicyclic amines) is 1. The van der Waals surface area contributed by atoms with Crippen molar-refractivity contribution in [2.24, 2.45) is 17.3 Å². The highest BCUT2D eigenvalue weighted by Gasteiger charge is 2.35. The molecule has 0 aromatic carbocycles. The Kier molecular flexibility index (Phi) is 4.71. The van der Waals surface area contributed by atoms with Gasteiger partial charge in [-0.25, -0.2) is 0 Å². The van der Waals surface area contributed by atoms with Crippen LogP contribution in [0.15, 0.2) is 0 Å². The van der Waals surface area contributed by atoms with Crippen molar-refractivity contribution in [2.75, 3.05) is 19.6 Å². The molecule has 2 rings (SSSR count). The summed E-state index contributed by atoms with van der Waals surface area (Å²) in [5, 5.41) is 10.3. The van der Waals surface area contributed by atoms with Crippen LogP contribution < -0.4 is 0 Å². The first kappa shape index (κ1) is 14.3. The van der Waals surface area contributed by atoms with Crippen LogP contribution in [-0.4, -0.2) is 35.7 Å². The molecule has 3 unspecified atom stereocenters. The van der Waals surface area contributed by atoms with E-state index in [1.165, 1.54) is 45.2 Å². The van der Waals surface area contributed by atoms with Crippen LogP contribution in [0.1, 0.15) is 59.3 Å². The maximum Gasteiger partial charge on any atom is 0.0580 e. The minimum atomic E-state index is -0.0504. The van der Waals surface area contributed by atoms with Crippen LogP contribution in [0.4, 0.5) is 0 Å². The Hall–Kier alpha value is -0.0800. The van der Waals surface area contributed by atoms with Crippen molar-refractivity contribution in [3.8, 4) is 0 Å². The largest absolute Gasteiger partial charge is 0.393 e. The minimum absolute atomic E-state index is 0.0504. The Morgan fingerprint density at radius 1 is 1.06 bits per heavy atom. The van der Waals surface area contributed by atoms with E-state index < -0.39 is 0 Å². The second-order valence-electron chi connectivity index (χ2n) is 7.56. The topological polar surface area (TPSA) is 23.5 Å². The van der Waals surface area contributed by atoms with Gasteiger partial charge in [0.05, 0.1) is 6.10 Å². The van der Waals surface area contributed by atoms with Gasteiger partial charge in [0.25, 0.3) is 0 Å². The lowest BCUT2D eigenvalue weighted by atomic mass is 9.68. The van der Waals surface area contributed by atoms with Gasteiger partial charge < -0.3 is 10.0 Å². The number of hydrogen-bond donors (Lipinski definition) is 1. The van der Waals surface area contributed by atoms with Crippen LogP contribution in [0.3, 0.4) is 0 Å². The van der Waals surface area contributed by atoms with Crippen molar-refractivity contribution in [1.82, 2.24) is 4.90 Å². The maximum atomic E-state index is 10.3. The molecule has 1 heterocycles. The lowest BCUT2D eigenvalue weighted by Gasteiger charge is -2.42. The standard InChI is InChI=1S/C16H31NO/c1-16(2,3)14-7-8-15(18)13(11-14)12-17-9-5-4-6-10-17/h13-15,18H,4-12H2,1-3H3. The molecule has 0 aromatic rings. The molecule has 1 N–H and O–H groups in total. The molecule has 0 spiro atoms. The van der Waals surface area contributed by atoms with Crippen LogP contribution in [0, 0.1) is 17.3 Å². The molecule has 0 radical (unpaired) electrons. The fourth-order valence-corrected chi connectivity index (χ4v) is 3.70. The zero-order valence-electron chi connectivity index (χ0n) is 12.5. The predicted molar refractivity (Wildman–Crippen MR) is 76.6 cm³/mol. The molecule has 1 saturated carbocycles. The molecule has 0 bridgehead atoms. The molecule has 1 aliphatic carbocycles. The third kappa shape index (κ3) is 3.71. The highest BCUT2D eigenvalue weighted by Crippen LogP contribution is 2.40. The monoisotopic (exact) mass is 253 g/mol. The summed E-state index contributed by atoms with van der Waals surface area (Å²) in [4.78, 5) is 2.59. The van der Waals surface area contributed by atoms with Gasteiger partial charge in [-0.1, -0.05) is 27.2 Å². The maximum absolute atomic E-state index is 10.3. The molecule has 0 aromatic heterocycles. The number of hydrogen-bond acceptors (Lipinski definition) is 2. The molecule has 1 saturated heterocycles. The predicted octanol–water partition coefficient (Wildman–Crippen LogP) is 3.30. The van der Waals surface area contributed by atoms with E-state index in [-0.39, 0.29) is 6.10 Å². The third-order valence-electron chi connectivity index (χ3n) is 5.11. The second kappa shape index (κ2) is 5.92. The Morgan fingerprint density at radius 3 is 2.33 bits per heavy atom. The second-order valence-corrected chi connectivity index (χ2v) is 7.56. The SMILES string of the molecule is CC(C)(C)C1CCC(O)C(CN2CCCCC2)C1. The highest BCUT2D eigenvalue weighted by atomic mass is 16.3. The smallest absolute Gasteiger partial charge is 0.0580 e. The zero-order valence-corrected chi connectivity index (χ0v) is 12.5. The van der Waals surface area contributed by atoms with Gasteiger partial charge in [-0.15, -0.1) is 0 Å². The van der Waals surface area contributed by atoms with Crippen LogP contribution >= 0.6 is 0 Å². The van der Waals surface area contributed by atoms with Gasteiger partial charge in [-0.05, 0) is 62.4 Å². The molecule has 1 aliphatic heterocycles. The van der Waals surface area contributed by atoms with Gasteiger partial charge in [0.2, 0.25) is 0 Å². The average molecular weight is 253 g/mol. The Balaban J connectivity index is 1.88. The third-order valence-corrected chi connectivity index (χ3v) is 5.11. The first-order valence-electron chi connectivity index (χ1n) is 7.87. The first-order valence-corrected chi connectivity index (χ1v) is 7.87. The molecule has 2 nitrogen and oxygen atoms in total. The van der Waals surface area contributed by atoms with E-state index in [0.717, 1.165) is 18.9 Å². The molecule has 2 heteroatoms. The Labute approximate surface area is 113 Å². The number of aliphatic hydroxyl groups excluding tert-OH is 1. The first-order chi connectivity index (χ1) is 8.47. The quantitative estimate of drug-likeness (QED) is 0.816. The van der Waals surface area contributed by atoms with Gasteiger partial charge in [0.1, 0.15) is 0 Å². The van der Waals surface area contributed by atoms with Crippen LogP contribution in [0.25, 0.3) is 0 Å². The van der Waals surface area contributed by atoms with Crippen molar-refractivity contribution < 1.29 is 5.11 Å². The van der Waals surface area contributed by atoms with Crippen molar-refractivity contribution in [2.45, 2.75) is 65.4 Å². The van der Waals surface area contributed by atoms with E-state index in [9.17, 15) is 5.11 Å². The molecule has 18 heavy (non-hydrogen) atoms. The number of aliphatic hydroxyl groups is 1. The van der Waals surface area contributed by atoms with E-state index in [1.54, 1.807) is 0 Å². The molecule has 2 fully saturated rings. The van der Waals surface area contributed by atoms with Gasteiger partial charge in [0, 0.05) is 6.54 Å². The summed E-state index contributed by atoms with van der Waals surface area (Å²) in [6.45, 7) is 10.7. The van der Waals surface area contributed by atoms with Gasteiger partial charge >= 0.3 is 0 Å². The van der Waals surface area contributed by atoms with Crippen molar-refractivity contribution >= 4 is 0 Å². The minimum Gasteiger partial charge on any atom is -0.393 e. The molecular weight excluding hydrogens is 222 g/mol. The van der Waals surface area contributed by atoms with E-state index in [0.29, 0.717) is 11.3 Å². The van der Waals surface area contributed by atoms with E-state index in [2.05, 4.69) is 25.7 Å². The van der Waals surface area contributed by atoms with Crippen LogP contribution in [-0.2, 0) is 0 Å². The van der Waals surface area contributed by atoms with Crippen molar-refractivity contribution in [3.05, 3.63) is 0 Å². The summed E-state index contributed by atoms with van der Waals surface area (Å²) in [7, 11) is 0. The van der Waals surface area contributed by atoms with Gasteiger partial charge in [0.15, 0.2) is 0 Å². The Morgan fingerprint density at radius 2 is 1.72 bits per heavy atom. The molecule has 3 atom stereocenters. The van der Waals surface area contributed by atoms with Gasteiger partial charge in [-0.3, -0.25) is 0 Å². The highest BCUT2D eigenvalue weighted by molar-refractivity contribution is 4.87. The fourth-order valence-electron chi connectivity index (χ4n) is 3.70. The summed E-state index contributed by atoms with van der Waals surface area (Å²) in [6.07, 6.45) is 7.50. The number of rotatable bonds is 2. The average Bonchev–Trinajstić information content (AvgIpc) is 2.32. The lowest BCUT2D eigenvalue weighted by molar-refractivity contribution is 0.000891. The van der Waals surface area contributed by atoms with E-state index in [1.807, 2.05) is 0 Å². The summed E-state index contributed by atoms with van der Waals surface area (Å²) in [6, 6.07) is 0. The van der Waals surface area contributed by atoms with E-state index >= 15 is 0 Å². The number of nitrogens with zero attached hydrogens (tertiary/aromatic N) is 1. The normalized spacial score (nSPS) is 35.7. The summed E-state index contributed by atoms with van der Waals surface area (Å²) in [5.41, 5.74) is 0.403. The van der Waals surface area contributed by atoms with Crippen molar-refractivity contribution in [1.29, 1.82) is 0 Å².